The van der Waals surface area contributed by atoms with Crippen LogP contribution in [0.2, 0.25) is 0 Å². The maximum atomic E-state index is 13.1. The number of alkyl halides is 3. The monoisotopic (exact) mass is 553 g/mol. The molecule has 0 bridgehead atoms. The van der Waals surface area contributed by atoms with Gasteiger partial charge in [0, 0.05) is 30.6 Å². The highest BCUT2D eigenvalue weighted by atomic mass is 19.4. The highest BCUT2D eigenvalue weighted by Crippen LogP contribution is 2.47. The first-order valence-electron chi connectivity index (χ1n) is 12.7. The van der Waals surface area contributed by atoms with E-state index < -0.39 is 41.9 Å². The molecule has 0 aliphatic carbocycles. The molecule has 2 aliphatic rings. The van der Waals surface area contributed by atoms with Crippen molar-refractivity contribution in [1.82, 2.24) is 9.88 Å². The summed E-state index contributed by atoms with van der Waals surface area (Å²) in [6.45, 7) is 5.51. The van der Waals surface area contributed by atoms with Gasteiger partial charge in [0.15, 0.2) is 17.6 Å². The quantitative estimate of drug-likeness (QED) is 0.457. The van der Waals surface area contributed by atoms with Gasteiger partial charge in [-0.25, -0.2) is 4.98 Å². The number of nitrogens with zero attached hydrogens (tertiary/aromatic N) is 3. The van der Waals surface area contributed by atoms with E-state index in [4.69, 9.17) is 9.47 Å². The Morgan fingerprint density at radius 2 is 1.90 bits per heavy atom. The second kappa shape index (κ2) is 10.8. The maximum Gasteiger partial charge on any atom is 0.418 e. The lowest BCUT2D eigenvalue weighted by molar-refractivity contribution is -0.141. The molecule has 2 aliphatic heterocycles. The van der Waals surface area contributed by atoms with Gasteiger partial charge in [-0.2, -0.15) is 13.2 Å². The molecule has 0 spiro atoms. The summed E-state index contributed by atoms with van der Waals surface area (Å²) in [5.74, 6) is 0.497. The largest absolute Gasteiger partial charge is 0.493 e. The van der Waals surface area contributed by atoms with E-state index in [0.717, 1.165) is 11.8 Å². The Morgan fingerprint density at radius 1 is 1.21 bits per heavy atom. The fourth-order valence-electron chi connectivity index (χ4n) is 5.27. The van der Waals surface area contributed by atoms with Gasteiger partial charge in [0.2, 0.25) is 0 Å². The third-order valence-electron chi connectivity index (χ3n) is 7.91. The van der Waals surface area contributed by atoms with Crippen LogP contribution < -0.4 is 14.4 Å². The Hall–Kier alpha value is -3.09. The fourth-order valence-corrected chi connectivity index (χ4v) is 5.27. The van der Waals surface area contributed by atoms with Crippen LogP contribution in [0.25, 0.3) is 0 Å². The van der Waals surface area contributed by atoms with Gasteiger partial charge < -0.3 is 34.6 Å². The molecule has 1 aromatic heterocycles. The third kappa shape index (κ3) is 5.64. The SMILES string of the molecule is COc1ccc([C@@H]2CN(C(=O)C(O)CO)C[C@@]2(C)[C@@H](C)O)cc1OC1CN(c2cc(C)c(C(F)(F)F)cn2)C1. The summed E-state index contributed by atoms with van der Waals surface area (Å²) < 4.78 is 50.9. The molecule has 2 saturated heterocycles. The number of aromatic nitrogens is 1. The Balaban J connectivity index is 1.50. The summed E-state index contributed by atoms with van der Waals surface area (Å²) in [4.78, 5) is 19.8. The van der Waals surface area contributed by atoms with Gasteiger partial charge in [-0.15, -0.1) is 0 Å². The van der Waals surface area contributed by atoms with Gasteiger partial charge >= 0.3 is 6.18 Å². The molecule has 2 aromatic rings. The second-order valence-corrected chi connectivity index (χ2v) is 10.6. The van der Waals surface area contributed by atoms with Crippen LogP contribution in [-0.4, -0.2) is 89.3 Å². The van der Waals surface area contributed by atoms with E-state index in [0.29, 0.717) is 30.4 Å². The van der Waals surface area contributed by atoms with Crippen LogP contribution in [0, 0.1) is 12.3 Å². The average molecular weight is 554 g/mol. The number of pyridine rings is 1. The molecule has 1 amide bonds. The molecule has 4 atom stereocenters. The van der Waals surface area contributed by atoms with Crippen LogP contribution in [0.1, 0.15) is 36.5 Å². The number of ether oxygens (including phenoxy) is 2. The van der Waals surface area contributed by atoms with Crippen molar-refractivity contribution in [2.24, 2.45) is 5.41 Å². The number of methoxy groups -OCH3 is 1. The van der Waals surface area contributed by atoms with Crippen molar-refractivity contribution in [1.29, 1.82) is 0 Å². The third-order valence-corrected chi connectivity index (χ3v) is 7.91. The first-order chi connectivity index (χ1) is 18.3. The molecule has 1 aromatic carbocycles. The first-order valence-corrected chi connectivity index (χ1v) is 12.7. The summed E-state index contributed by atoms with van der Waals surface area (Å²) in [5.41, 5.74) is -0.582. The van der Waals surface area contributed by atoms with Crippen LogP contribution in [0.5, 0.6) is 11.5 Å². The number of carbonyl (C=O) groups excluding carboxylic acids is 1. The minimum Gasteiger partial charge on any atom is -0.493 e. The molecule has 214 valence electrons. The molecular weight excluding hydrogens is 519 g/mol. The molecule has 2 fully saturated rings. The molecular formula is C27H34F3N3O6. The summed E-state index contributed by atoms with van der Waals surface area (Å²) in [5, 5.41) is 29.7. The Morgan fingerprint density at radius 3 is 2.46 bits per heavy atom. The van der Waals surface area contributed by atoms with Gasteiger partial charge in [0.1, 0.15) is 11.9 Å². The number of aryl methyl sites for hydroxylation is 1. The van der Waals surface area contributed by atoms with Crippen LogP contribution in [0.4, 0.5) is 19.0 Å². The van der Waals surface area contributed by atoms with E-state index in [9.17, 15) is 33.3 Å². The number of halogens is 3. The maximum absolute atomic E-state index is 13.1. The zero-order valence-corrected chi connectivity index (χ0v) is 22.3. The highest BCUT2D eigenvalue weighted by Gasteiger charge is 2.49. The lowest BCUT2D eigenvalue weighted by Gasteiger charge is -2.40. The molecule has 39 heavy (non-hydrogen) atoms. The Kier molecular flexibility index (Phi) is 8.02. The Labute approximate surface area is 224 Å². The minimum atomic E-state index is -4.45. The normalized spacial score (nSPS) is 23.4. The van der Waals surface area contributed by atoms with Crippen molar-refractivity contribution in [2.75, 3.05) is 44.8 Å². The number of likely N-dealkylation sites (tertiary alicyclic amines) is 1. The first kappa shape index (κ1) is 28.9. The van der Waals surface area contributed by atoms with Crippen LogP contribution in [-0.2, 0) is 11.0 Å². The van der Waals surface area contributed by atoms with Gasteiger partial charge in [-0.3, -0.25) is 4.79 Å². The number of hydrogen-bond acceptors (Lipinski definition) is 8. The Bertz CT molecular complexity index is 1200. The second-order valence-electron chi connectivity index (χ2n) is 10.6. The lowest BCUT2D eigenvalue weighted by atomic mass is 9.72. The number of rotatable bonds is 8. The van der Waals surface area contributed by atoms with Crippen molar-refractivity contribution < 1.29 is 42.8 Å². The molecule has 0 radical (unpaired) electrons. The van der Waals surface area contributed by atoms with Gasteiger partial charge in [0.05, 0.1) is 38.5 Å². The molecule has 9 nitrogen and oxygen atoms in total. The van der Waals surface area contributed by atoms with Crippen molar-refractivity contribution >= 4 is 11.7 Å². The number of hydrogen-bond donors (Lipinski definition) is 3. The van der Waals surface area contributed by atoms with E-state index in [2.05, 4.69) is 4.98 Å². The summed E-state index contributed by atoms with van der Waals surface area (Å²) in [6, 6.07) is 6.81. The number of anilines is 1. The zero-order chi connectivity index (χ0) is 28.7. The number of carbonyl (C=O) groups is 1. The molecule has 12 heteroatoms. The smallest absolute Gasteiger partial charge is 0.418 e. The number of aliphatic hydroxyl groups is 3. The van der Waals surface area contributed by atoms with E-state index in [1.807, 2.05) is 24.0 Å². The van der Waals surface area contributed by atoms with E-state index >= 15 is 0 Å². The minimum absolute atomic E-state index is 0.1000. The summed E-state index contributed by atoms with van der Waals surface area (Å²) in [7, 11) is 1.51. The summed E-state index contributed by atoms with van der Waals surface area (Å²) >= 11 is 0. The number of aliphatic hydroxyl groups excluding tert-OH is 3. The molecule has 4 rings (SSSR count). The van der Waals surface area contributed by atoms with Crippen molar-refractivity contribution in [2.45, 2.75) is 51.2 Å². The molecule has 3 heterocycles. The topological polar surface area (TPSA) is 116 Å². The van der Waals surface area contributed by atoms with E-state index in [1.54, 1.807) is 13.0 Å². The van der Waals surface area contributed by atoms with Crippen molar-refractivity contribution in [3.63, 3.8) is 0 Å². The predicted octanol–water partition coefficient (Wildman–Crippen LogP) is 2.35. The lowest BCUT2D eigenvalue weighted by Crippen LogP contribution is -2.54. The van der Waals surface area contributed by atoms with Crippen LogP contribution in [0.15, 0.2) is 30.5 Å². The van der Waals surface area contributed by atoms with Crippen LogP contribution in [0.3, 0.4) is 0 Å². The molecule has 3 N–H and O–H groups in total. The van der Waals surface area contributed by atoms with Crippen molar-refractivity contribution in [3.05, 3.63) is 47.2 Å². The average Bonchev–Trinajstić information content (AvgIpc) is 3.22. The van der Waals surface area contributed by atoms with Crippen molar-refractivity contribution in [3.8, 4) is 11.5 Å². The van der Waals surface area contributed by atoms with E-state index in [1.165, 1.54) is 25.0 Å². The molecule has 0 saturated carbocycles. The van der Waals surface area contributed by atoms with Gasteiger partial charge in [0.25, 0.3) is 5.91 Å². The fraction of sp³-hybridized carbons (Fsp3) is 0.556. The molecule has 1 unspecified atom stereocenters. The zero-order valence-electron chi connectivity index (χ0n) is 22.3. The van der Waals surface area contributed by atoms with Crippen LogP contribution >= 0.6 is 0 Å². The standard InChI is InChI=1S/C27H34F3N3O6/c1-15-7-24(31-9-19(15)27(28,29)30)32-10-18(11-32)39-23-8-17(5-6-22(23)38-4)20-12-33(25(37)21(36)13-34)14-26(20,3)16(2)35/h5-9,16,18,20-21,34-36H,10-14H2,1-4H3/t16-,20+,21?,26+/m1/s1. The summed E-state index contributed by atoms with van der Waals surface area (Å²) in [6.07, 6.45) is -6.17. The van der Waals surface area contributed by atoms with Gasteiger partial charge in [-0.05, 0) is 43.2 Å². The number of amides is 1. The highest BCUT2D eigenvalue weighted by molar-refractivity contribution is 5.81. The van der Waals surface area contributed by atoms with Gasteiger partial charge in [-0.1, -0.05) is 13.0 Å². The predicted molar refractivity (Wildman–Crippen MR) is 136 cm³/mol. The van der Waals surface area contributed by atoms with E-state index in [-0.39, 0.29) is 30.7 Å². The number of benzene rings is 1.